The molecule has 0 aromatic heterocycles. The Bertz CT molecular complexity index is 812. The van der Waals surface area contributed by atoms with Crippen LogP contribution < -0.4 is 15.0 Å². The van der Waals surface area contributed by atoms with Gasteiger partial charge in [0.15, 0.2) is 0 Å². The zero-order chi connectivity index (χ0) is 19.9. The number of piperazine rings is 1. The SMILES string of the molecule is COc1ccc(CCC(=O)Nc2cccc(N3CCN(C(C)=O)CC3)c2)cc1. The van der Waals surface area contributed by atoms with Gasteiger partial charge in [-0.3, -0.25) is 9.59 Å². The van der Waals surface area contributed by atoms with Gasteiger partial charge < -0.3 is 19.9 Å². The third-order valence-corrected chi connectivity index (χ3v) is 5.02. The van der Waals surface area contributed by atoms with E-state index < -0.39 is 0 Å². The quantitative estimate of drug-likeness (QED) is 0.836. The third kappa shape index (κ3) is 5.25. The van der Waals surface area contributed by atoms with Gasteiger partial charge in [-0.1, -0.05) is 18.2 Å². The predicted octanol–water partition coefficient (Wildman–Crippen LogP) is 2.94. The summed E-state index contributed by atoms with van der Waals surface area (Å²) in [5.41, 5.74) is 2.97. The number of aryl methyl sites for hydroxylation is 1. The second kappa shape index (κ2) is 9.26. The van der Waals surface area contributed by atoms with Crippen LogP contribution in [0.5, 0.6) is 5.75 Å². The van der Waals surface area contributed by atoms with E-state index in [1.807, 2.05) is 53.4 Å². The molecule has 1 saturated heterocycles. The lowest BCUT2D eigenvalue weighted by atomic mass is 10.1. The molecule has 28 heavy (non-hydrogen) atoms. The highest BCUT2D eigenvalue weighted by atomic mass is 16.5. The van der Waals surface area contributed by atoms with E-state index in [-0.39, 0.29) is 11.8 Å². The molecule has 2 aromatic rings. The van der Waals surface area contributed by atoms with E-state index in [0.717, 1.165) is 48.9 Å². The molecule has 0 unspecified atom stereocenters. The summed E-state index contributed by atoms with van der Waals surface area (Å²) in [7, 11) is 1.64. The highest BCUT2D eigenvalue weighted by Gasteiger charge is 2.19. The van der Waals surface area contributed by atoms with Crippen LogP contribution in [0.3, 0.4) is 0 Å². The number of hydrogen-bond acceptors (Lipinski definition) is 4. The minimum Gasteiger partial charge on any atom is -0.497 e. The molecular weight excluding hydrogens is 354 g/mol. The molecule has 148 valence electrons. The molecule has 1 fully saturated rings. The van der Waals surface area contributed by atoms with Crippen molar-refractivity contribution < 1.29 is 14.3 Å². The zero-order valence-corrected chi connectivity index (χ0v) is 16.5. The van der Waals surface area contributed by atoms with E-state index in [2.05, 4.69) is 10.2 Å². The standard InChI is InChI=1S/C22H27N3O3/c1-17(26)24-12-14-25(15-13-24)20-5-3-4-19(16-20)23-22(27)11-8-18-6-9-21(28-2)10-7-18/h3-7,9-10,16H,8,11-15H2,1-2H3,(H,23,27). The minimum absolute atomic E-state index is 0.00522. The summed E-state index contributed by atoms with van der Waals surface area (Å²) in [5, 5.41) is 2.99. The maximum Gasteiger partial charge on any atom is 0.224 e. The van der Waals surface area contributed by atoms with E-state index >= 15 is 0 Å². The van der Waals surface area contributed by atoms with Crippen molar-refractivity contribution >= 4 is 23.2 Å². The summed E-state index contributed by atoms with van der Waals surface area (Å²) in [6.07, 6.45) is 1.11. The number of nitrogens with one attached hydrogen (secondary N) is 1. The Balaban J connectivity index is 1.52. The summed E-state index contributed by atoms with van der Waals surface area (Å²) < 4.78 is 5.15. The van der Waals surface area contributed by atoms with Gasteiger partial charge in [-0.25, -0.2) is 0 Å². The van der Waals surface area contributed by atoms with Gasteiger partial charge in [0.25, 0.3) is 0 Å². The van der Waals surface area contributed by atoms with Gasteiger partial charge in [0.05, 0.1) is 7.11 Å². The van der Waals surface area contributed by atoms with Gasteiger partial charge in [0.1, 0.15) is 5.75 Å². The first-order chi connectivity index (χ1) is 13.5. The Kier molecular flexibility index (Phi) is 6.53. The first kappa shape index (κ1) is 19.7. The van der Waals surface area contributed by atoms with Crippen LogP contribution in [0.1, 0.15) is 18.9 Å². The lowest BCUT2D eigenvalue weighted by Gasteiger charge is -2.35. The highest BCUT2D eigenvalue weighted by molar-refractivity contribution is 5.91. The summed E-state index contributed by atoms with van der Waals surface area (Å²) in [4.78, 5) is 27.9. The van der Waals surface area contributed by atoms with Gasteiger partial charge in [-0.15, -0.1) is 0 Å². The predicted molar refractivity (Wildman–Crippen MR) is 111 cm³/mol. The van der Waals surface area contributed by atoms with E-state index in [1.165, 1.54) is 0 Å². The van der Waals surface area contributed by atoms with Gasteiger partial charge in [0, 0.05) is 50.9 Å². The Labute approximate surface area is 166 Å². The van der Waals surface area contributed by atoms with Crippen LogP contribution in [0.25, 0.3) is 0 Å². The van der Waals surface area contributed by atoms with E-state index in [9.17, 15) is 9.59 Å². The average Bonchev–Trinajstić information content (AvgIpc) is 2.73. The van der Waals surface area contributed by atoms with Crippen LogP contribution in [0.2, 0.25) is 0 Å². The first-order valence-electron chi connectivity index (χ1n) is 9.58. The molecule has 3 rings (SSSR count). The fraction of sp³-hybridized carbons (Fsp3) is 0.364. The number of carbonyl (C=O) groups is 2. The normalized spacial score (nSPS) is 13.9. The Morgan fingerprint density at radius 3 is 2.39 bits per heavy atom. The molecule has 6 nitrogen and oxygen atoms in total. The van der Waals surface area contributed by atoms with Crippen LogP contribution in [-0.4, -0.2) is 50.0 Å². The second-order valence-electron chi connectivity index (χ2n) is 6.94. The van der Waals surface area contributed by atoms with Crippen molar-refractivity contribution in [2.45, 2.75) is 19.8 Å². The number of amides is 2. The van der Waals surface area contributed by atoms with Crippen molar-refractivity contribution in [3.63, 3.8) is 0 Å². The number of nitrogens with zero attached hydrogens (tertiary/aromatic N) is 2. The van der Waals surface area contributed by atoms with Crippen molar-refractivity contribution in [1.29, 1.82) is 0 Å². The third-order valence-electron chi connectivity index (χ3n) is 5.02. The fourth-order valence-corrected chi connectivity index (χ4v) is 3.33. The van der Waals surface area contributed by atoms with Crippen molar-refractivity contribution in [3.8, 4) is 5.75 Å². The molecule has 0 saturated carbocycles. The Morgan fingerprint density at radius 2 is 1.75 bits per heavy atom. The molecule has 0 aliphatic carbocycles. The van der Waals surface area contributed by atoms with E-state index in [0.29, 0.717) is 12.8 Å². The van der Waals surface area contributed by atoms with Gasteiger partial charge in [-0.2, -0.15) is 0 Å². The van der Waals surface area contributed by atoms with Gasteiger partial charge in [-0.05, 0) is 42.3 Å². The molecule has 0 radical (unpaired) electrons. The monoisotopic (exact) mass is 381 g/mol. The summed E-state index contributed by atoms with van der Waals surface area (Å²) in [5.74, 6) is 0.932. The number of hydrogen-bond donors (Lipinski definition) is 1. The van der Waals surface area contributed by atoms with Gasteiger partial charge >= 0.3 is 0 Å². The Hall–Kier alpha value is -3.02. The molecule has 1 heterocycles. The number of anilines is 2. The Morgan fingerprint density at radius 1 is 1.04 bits per heavy atom. The molecule has 1 aliphatic rings. The number of ether oxygens (including phenoxy) is 1. The maximum absolute atomic E-state index is 12.3. The van der Waals surface area contributed by atoms with Crippen molar-refractivity contribution in [1.82, 2.24) is 4.90 Å². The molecule has 2 amide bonds. The average molecular weight is 381 g/mol. The maximum atomic E-state index is 12.3. The number of methoxy groups -OCH3 is 1. The zero-order valence-electron chi connectivity index (χ0n) is 16.5. The summed E-state index contributed by atoms with van der Waals surface area (Å²) >= 11 is 0. The fourth-order valence-electron chi connectivity index (χ4n) is 3.33. The molecule has 0 atom stereocenters. The topological polar surface area (TPSA) is 61.9 Å². The molecule has 2 aromatic carbocycles. The van der Waals surface area contributed by atoms with Crippen LogP contribution in [-0.2, 0) is 16.0 Å². The second-order valence-corrected chi connectivity index (χ2v) is 6.94. The molecule has 1 aliphatic heterocycles. The van der Waals surface area contributed by atoms with Crippen molar-refractivity contribution in [2.75, 3.05) is 43.5 Å². The number of carbonyl (C=O) groups excluding carboxylic acids is 2. The lowest BCUT2D eigenvalue weighted by Crippen LogP contribution is -2.48. The van der Waals surface area contributed by atoms with Gasteiger partial charge in [0.2, 0.25) is 11.8 Å². The molecule has 0 bridgehead atoms. The van der Waals surface area contributed by atoms with Crippen molar-refractivity contribution in [3.05, 3.63) is 54.1 Å². The van der Waals surface area contributed by atoms with Crippen LogP contribution >= 0.6 is 0 Å². The summed E-state index contributed by atoms with van der Waals surface area (Å²) in [6.45, 7) is 4.67. The highest BCUT2D eigenvalue weighted by Crippen LogP contribution is 2.21. The first-order valence-corrected chi connectivity index (χ1v) is 9.58. The number of benzene rings is 2. The molecule has 0 spiro atoms. The van der Waals surface area contributed by atoms with Crippen LogP contribution in [0, 0.1) is 0 Å². The van der Waals surface area contributed by atoms with E-state index in [1.54, 1.807) is 14.0 Å². The largest absolute Gasteiger partial charge is 0.497 e. The van der Waals surface area contributed by atoms with Crippen LogP contribution in [0.15, 0.2) is 48.5 Å². The van der Waals surface area contributed by atoms with E-state index in [4.69, 9.17) is 4.74 Å². The summed E-state index contributed by atoms with van der Waals surface area (Å²) in [6, 6.07) is 15.7. The smallest absolute Gasteiger partial charge is 0.224 e. The minimum atomic E-state index is -0.00522. The van der Waals surface area contributed by atoms with Crippen molar-refractivity contribution in [2.24, 2.45) is 0 Å². The molecule has 1 N–H and O–H groups in total. The molecular formula is C22H27N3O3. The van der Waals surface area contributed by atoms with Crippen LogP contribution in [0.4, 0.5) is 11.4 Å². The lowest BCUT2D eigenvalue weighted by molar-refractivity contribution is -0.129. The molecule has 6 heteroatoms. The number of rotatable bonds is 6.